The lowest BCUT2D eigenvalue weighted by molar-refractivity contribution is 0.239. The molecule has 1 aliphatic carbocycles. The van der Waals surface area contributed by atoms with E-state index in [1.54, 1.807) is 24.0 Å². The molecule has 5 heteroatoms. The van der Waals surface area contributed by atoms with E-state index in [9.17, 15) is 4.79 Å². The molecule has 104 valence electrons. The summed E-state index contributed by atoms with van der Waals surface area (Å²) in [5.74, 6) is 0.633. The summed E-state index contributed by atoms with van der Waals surface area (Å²) in [5, 5.41) is 3.50. The van der Waals surface area contributed by atoms with Crippen LogP contribution < -0.4 is 15.8 Å². The summed E-state index contributed by atoms with van der Waals surface area (Å²) in [7, 11) is 1.79. The Kier molecular flexibility index (Phi) is 3.31. The van der Waals surface area contributed by atoms with E-state index >= 15 is 0 Å². The van der Waals surface area contributed by atoms with Gasteiger partial charge in [0.15, 0.2) is 5.82 Å². The van der Waals surface area contributed by atoms with Gasteiger partial charge in [0, 0.05) is 39.1 Å². The third-order valence-electron chi connectivity index (χ3n) is 4.58. The van der Waals surface area contributed by atoms with Gasteiger partial charge in [-0.1, -0.05) is 19.3 Å². The SMILES string of the molecule is Cn1ccnc(N2CCNCC23CCCCC3)c1=O. The van der Waals surface area contributed by atoms with Crippen molar-refractivity contribution in [3.63, 3.8) is 0 Å². The first-order valence-corrected chi connectivity index (χ1v) is 7.23. The van der Waals surface area contributed by atoms with Gasteiger partial charge in [-0.25, -0.2) is 4.98 Å². The Bertz CT molecular complexity index is 496. The number of aromatic nitrogens is 2. The third kappa shape index (κ3) is 2.16. The molecule has 1 aromatic heterocycles. The predicted octanol–water partition coefficient (Wildman–Crippen LogP) is 0.893. The smallest absolute Gasteiger partial charge is 0.293 e. The highest BCUT2D eigenvalue weighted by Crippen LogP contribution is 2.35. The summed E-state index contributed by atoms with van der Waals surface area (Å²) in [6, 6.07) is 0. The average Bonchev–Trinajstić information content (AvgIpc) is 2.44. The van der Waals surface area contributed by atoms with Crippen LogP contribution >= 0.6 is 0 Å². The van der Waals surface area contributed by atoms with Crippen molar-refractivity contribution in [1.29, 1.82) is 0 Å². The lowest BCUT2D eigenvalue weighted by atomic mass is 9.79. The fourth-order valence-electron chi connectivity index (χ4n) is 3.50. The number of hydrogen-bond donors (Lipinski definition) is 1. The molecule has 2 aliphatic rings. The van der Waals surface area contributed by atoms with Crippen molar-refractivity contribution < 1.29 is 0 Å². The highest BCUT2D eigenvalue weighted by atomic mass is 16.1. The van der Waals surface area contributed by atoms with Gasteiger partial charge in [-0.2, -0.15) is 0 Å². The molecule has 1 aliphatic heterocycles. The van der Waals surface area contributed by atoms with Crippen LogP contribution in [0.15, 0.2) is 17.2 Å². The topological polar surface area (TPSA) is 50.2 Å². The van der Waals surface area contributed by atoms with E-state index in [0.29, 0.717) is 5.82 Å². The van der Waals surface area contributed by atoms with Crippen molar-refractivity contribution in [2.45, 2.75) is 37.6 Å². The van der Waals surface area contributed by atoms with Crippen LogP contribution in [0.5, 0.6) is 0 Å². The molecule has 0 radical (unpaired) electrons. The fraction of sp³-hybridized carbons (Fsp3) is 0.714. The second-order valence-electron chi connectivity index (χ2n) is 5.78. The monoisotopic (exact) mass is 262 g/mol. The van der Waals surface area contributed by atoms with Crippen molar-refractivity contribution in [2.24, 2.45) is 7.05 Å². The van der Waals surface area contributed by atoms with E-state index in [1.165, 1.54) is 32.1 Å². The molecule has 1 saturated heterocycles. The van der Waals surface area contributed by atoms with E-state index in [-0.39, 0.29) is 11.1 Å². The summed E-state index contributed by atoms with van der Waals surface area (Å²) < 4.78 is 1.63. The third-order valence-corrected chi connectivity index (χ3v) is 4.58. The lowest BCUT2D eigenvalue weighted by Gasteiger charge is -2.50. The molecule has 0 bridgehead atoms. The molecule has 0 amide bonds. The molecule has 1 N–H and O–H groups in total. The molecule has 3 rings (SSSR count). The first-order chi connectivity index (χ1) is 9.23. The summed E-state index contributed by atoms with van der Waals surface area (Å²) in [5.41, 5.74) is 0.131. The van der Waals surface area contributed by atoms with Gasteiger partial charge in [0.25, 0.3) is 5.56 Å². The zero-order valence-corrected chi connectivity index (χ0v) is 11.6. The normalized spacial score (nSPS) is 22.7. The molecule has 0 unspecified atom stereocenters. The maximum absolute atomic E-state index is 12.3. The number of piperazine rings is 1. The molecule has 2 heterocycles. The maximum atomic E-state index is 12.3. The average molecular weight is 262 g/mol. The number of rotatable bonds is 1. The molecular weight excluding hydrogens is 240 g/mol. The van der Waals surface area contributed by atoms with E-state index in [0.717, 1.165) is 19.6 Å². The summed E-state index contributed by atoms with van der Waals surface area (Å²) in [6.07, 6.45) is 9.61. The van der Waals surface area contributed by atoms with Crippen molar-refractivity contribution in [1.82, 2.24) is 14.9 Å². The Morgan fingerprint density at radius 3 is 2.89 bits per heavy atom. The van der Waals surface area contributed by atoms with Gasteiger partial charge >= 0.3 is 0 Å². The Morgan fingerprint density at radius 2 is 2.11 bits per heavy atom. The van der Waals surface area contributed by atoms with Gasteiger partial charge in [-0.05, 0) is 12.8 Å². The van der Waals surface area contributed by atoms with Crippen LogP contribution in [0.1, 0.15) is 32.1 Å². The first-order valence-electron chi connectivity index (χ1n) is 7.23. The highest BCUT2D eigenvalue weighted by molar-refractivity contribution is 5.41. The van der Waals surface area contributed by atoms with Gasteiger partial charge in [0.2, 0.25) is 0 Å². The number of nitrogens with one attached hydrogen (secondary N) is 1. The number of hydrogen-bond acceptors (Lipinski definition) is 4. The molecule has 1 spiro atoms. The molecule has 0 aromatic carbocycles. The number of anilines is 1. The van der Waals surface area contributed by atoms with E-state index in [4.69, 9.17) is 0 Å². The molecular formula is C14H22N4O. The number of nitrogens with zero attached hydrogens (tertiary/aromatic N) is 3. The first kappa shape index (κ1) is 12.7. The Labute approximate surface area is 113 Å². The van der Waals surface area contributed by atoms with Crippen molar-refractivity contribution >= 4 is 5.82 Å². The minimum atomic E-state index is 0.0225. The minimum absolute atomic E-state index is 0.0225. The van der Waals surface area contributed by atoms with Crippen molar-refractivity contribution in [3.8, 4) is 0 Å². The largest absolute Gasteiger partial charge is 0.344 e. The Morgan fingerprint density at radius 1 is 1.32 bits per heavy atom. The van der Waals surface area contributed by atoms with Gasteiger partial charge in [0.1, 0.15) is 0 Å². The molecule has 5 nitrogen and oxygen atoms in total. The molecule has 19 heavy (non-hydrogen) atoms. The van der Waals surface area contributed by atoms with Crippen LogP contribution in [0.2, 0.25) is 0 Å². The summed E-state index contributed by atoms with van der Waals surface area (Å²) in [4.78, 5) is 19.0. The zero-order chi connectivity index (χ0) is 13.3. The molecule has 0 atom stereocenters. The van der Waals surface area contributed by atoms with E-state index < -0.39 is 0 Å². The van der Waals surface area contributed by atoms with Crippen LogP contribution in [0.4, 0.5) is 5.82 Å². The quantitative estimate of drug-likeness (QED) is 0.817. The molecule has 1 aromatic rings. The van der Waals surface area contributed by atoms with Gasteiger partial charge in [-0.3, -0.25) is 4.79 Å². The van der Waals surface area contributed by atoms with Crippen LogP contribution in [-0.4, -0.2) is 34.7 Å². The molecule has 1 saturated carbocycles. The van der Waals surface area contributed by atoms with Crippen LogP contribution in [0.25, 0.3) is 0 Å². The van der Waals surface area contributed by atoms with Crippen molar-refractivity contribution in [2.75, 3.05) is 24.5 Å². The summed E-state index contributed by atoms with van der Waals surface area (Å²) >= 11 is 0. The maximum Gasteiger partial charge on any atom is 0.293 e. The highest BCUT2D eigenvalue weighted by Gasteiger charge is 2.41. The molecule has 2 fully saturated rings. The number of aryl methyl sites for hydroxylation is 1. The van der Waals surface area contributed by atoms with Crippen LogP contribution in [0, 0.1) is 0 Å². The van der Waals surface area contributed by atoms with Crippen LogP contribution in [-0.2, 0) is 7.05 Å². The van der Waals surface area contributed by atoms with E-state index in [1.807, 2.05) is 0 Å². The Balaban J connectivity index is 2.00. The zero-order valence-electron chi connectivity index (χ0n) is 11.6. The van der Waals surface area contributed by atoms with Gasteiger partial charge in [0.05, 0.1) is 5.54 Å². The lowest BCUT2D eigenvalue weighted by Crippen LogP contribution is -2.63. The standard InChI is InChI=1S/C14H22N4O/c1-17-9-8-16-12(13(17)19)18-10-7-15-11-14(18)5-3-2-4-6-14/h8-9,15H,2-7,10-11H2,1H3. The minimum Gasteiger partial charge on any atom is -0.344 e. The predicted molar refractivity (Wildman–Crippen MR) is 75.5 cm³/mol. The summed E-state index contributed by atoms with van der Waals surface area (Å²) in [6.45, 7) is 2.79. The fourth-order valence-corrected chi connectivity index (χ4v) is 3.50. The van der Waals surface area contributed by atoms with Crippen molar-refractivity contribution in [3.05, 3.63) is 22.7 Å². The van der Waals surface area contributed by atoms with Gasteiger partial charge in [-0.15, -0.1) is 0 Å². The van der Waals surface area contributed by atoms with Crippen LogP contribution in [0.3, 0.4) is 0 Å². The Hall–Kier alpha value is -1.36. The second-order valence-corrected chi connectivity index (χ2v) is 5.78. The van der Waals surface area contributed by atoms with Gasteiger partial charge < -0.3 is 14.8 Å². The second kappa shape index (κ2) is 4.96. The van der Waals surface area contributed by atoms with E-state index in [2.05, 4.69) is 15.2 Å².